The number of rotatable bonds is 6. The average Bonchev–Trinajstić information content (AvgIpc) is 3.75. The summed E-state index contributed by atoms with van der Waals surface area (Å²) in [6.45, 7) is 13.3. The van der Waals surface area contributed by atoms with E-state index >= 15 is 0 Å². The van der Waals surface area contributed by atoms with E-state index in [4.69, 9.17) is 9.72 Å². The van der Waals surface area contributed by atoms with Gasteiger partial charge in [-0.25, -0.2) is 4.98 Å². The van der Waals surface area contributed by atoms with Crippen molar-refractivity contribution in [3.63, 3.8) is 0 Å². The molecule has 0 saturated carbocycles. The van der Waals surface area contributed by atoms with Crippen LogP contribution in [0.4, 0.5) is 0 Å². The first kappa shape index (κ1) is 35.1. The molecule has 0 saturated heterocycles. The van der Waals surface area contributed by atoms with Crippen molar-refractivity contribution in [1.82, 2.24) is 19.1 Å². The van der Waals surface area contributed by atoms with E-state index in [2.05, 4.69) is 154 Å². The fourth-order valence-electron chi connectivity index (χ4n) is 6.40. The third-order valence-corrected chi connectivity index (χ3v) is 9.27. The Morgan fingerprint density at radius 1 is 0.654 bits per heavy atom. The standard InChI is InChI=1S/C45H39N5O.Pt/c1-44(2,3)33-13-10-14-35(26-33)48-23-24-49(30-48)42-29-37(20-22-46-42)51-36-16-17-38-39-25-32(31-11-8-7-9-12-31)15-18-40(39)50(41(38)28-36)43-27-34(19-21-47-43)45(4,5)6;/h7-27H,1-6H3;/q-2;. The molecular formula is C45H39N5OPt-2. The van der Waals surface area contributed by atoms with Gasteiger partial charge in [0.2, 0.25) is 0 Å². The van der Waals surface area contributed by atoms with Crippen molar-refractivity contribution in [2.75, 3.05) is 0 Å². The van der Waals surface area contributed by atoms with Crippen LogP contribution in [0.1, 0.15) is 52.7 Å². The summed E-state index contributed by atoms with van der Waals surface area (Å²) in [4.78, 5) is 9.42. The monoisotopic (exact) mass is 860 g/mol. The minimum Gasteiger partial charge on any atom is -0.522 e. The third kappa shape index (κ3) is 6.83. The summed E-state index contributed by atoms with van der Waals surface area (Å²) in [5.74, 6) is 2.51. The van der Waals surface area contributed by atoms with Crippen molar-refractivity contribution in [2.24, 2.45) is 0 Å². The summed E-state index contributed by atoms with van der Waals surface area (Å²) in [6, 6.07) is 42.7. The third-order valence-electron chi connectivity index (χ3n) is 9.27. The van der Waals surface area contributed by atoms with Crippen LogP contribution in [0.25, 0.3) is 50.3 Å². The second kappa shape index (κ2) is 13.7. The summed E-state index contributed by atoms with van der Waals surface area (Å²) in [5, 5.41) is 2.19. The number of ether oxygens (including phenoxy) is 1. The summed E-state index contributed by atoms with van der Waals surface area (Å²) in [5.41, 5.74) is 7.79. The Morgan fingerprint density at radius 3 is 2.19 bits per heavy atom. The first-order valence-corrected chi connectivity index (χ1v) is 17.2. The fraction of sp³-hybridized carbons (Fsp3) is 0.178. The molecule has 0 radical (unpaired) electrons. The van der Waals surface area contributed by atoms with Crippen LogP contribution in [0.2, 0.25) is 0 Å². The van der Waals surface area contributed by atoms with E-state index in [0.717, 1.165) is 38.9 Å². The Kier molecular flexibility index (Phi) is 9.22. The molecule has 0 unspecified atom stereocenters. The molecule has 8 rings (SSSR count). The van der Waals surface area contributed by atoms with Crippen molar-refractivity contribution in [2.45, 2.75) is 52.4 Å². The van der Waals surface area contributed by atoms with Gasteiger partial charge in [-0.15, -0.1) is 17.5 Å². The molecule has 6 nitrogen and oxygen atoms in total. The molecule has 0 aliphatic rings. The summed E-state index contributed by atoms with van der Waals surface area (Å²) >= 11 is 0. The van der Waals surface area contributed by atoms with Gasteiger partial charge in [0.05, 0.1) is 11.5 Å². The van der Waals surface area contributed by atoms with E-state index in [1.165, 1.54) is 16.7 Å². The molecule has 7 heteroatoms. The van der Waals surface area contributed by atoms with Crippen molar-refractivity contribution in [1.29, 1.82) is 0 Å². The zero-order chi connectivity index (χ0) is 35.3. The SMILES string of the molecule is CC(C)(C)c1cccc(-[n+]2[c-]n(-c3[c-]c(Oc4[c-]c5c(cc4)c4cc(-c6ccccc6)ccc4n5-c4cc(C(C)(C)C)ccn4)ccn3)cc2)c1.[Pt]. The number of hydrogen-bond acceptors (Lipinski definition) is 3. The minimum absolute atomic E-state index is 0. The maximum atomic E-state index is 6.43. The van der Waals surface area contributed by atoms with Crippen molar-refractivity contribution < 1.29 is 30.4 Å². The maximum absolute atomic E-state index is 6.43. The van der Waals surface area contributed by atoms with Gasteiger partial charge >= 0.3 is 0 Å². The van der Waals surface area contributed by atoms with Gasteiger partial charge in [0.15, 0.2) is 0 Å². The van der Waals surface area contributed by atoms with Crippen LogP contribution in [-0.2, 0) is 31.9 Å². The Bertz CT molecular complexity index is 2540. The fourth-order valence-corrected chi connectivity index (χ4v) is 6.40. The van der Waals surface area contributed by atoms with E-state index in [1.54, 1.807) is 6.20 Å². The molecule has 52 heavy (non-hydrogen) atoms. The molecule has 4 aromatic carbocycles. The average molecular weight is 861 g/mol. The molecule has 262 valence electrons. The molecule has 8 aromatic rings. The van der Waals surface area contributed by atoms with E-state index in [0.29, 0.717) is 17.3 Å². The number of aromatic nitrogens is 5. The zero-order valence-electron chi connectivity index (χ0n) is 30.1. The molecular weight excluding hydrogens is 822 g/mol. The predicted octanol–water partition coefficient (Wildman–Crippen LogP) is 10.1. The quantitative estimate of drug-likeness (QED) is 0.124. The predicted molar refractivity (Wildman–Crippen MR) is 203 cm³/mol. The summed E-state index contributed by atoms with van der Waals surface area (Å²) in [7, 11) is 0. The van der Waals surface area contributed by atoms with Gasteiger partial charge in [-0.3, -0.25) is 14.1 Å². The molecule has 4 heterocycles. The van der Waals surface area contributed by atoms with Gasteiger partial charge in [0, 0.05) is 50.9 Å². The molecule has 0 aliphatic carbocycles. The molecule has 0 atom stereocenters. The Labute approximate surface area is 319 Å². The van der Waals surface area contributed by atoms with Crippen LogP contribution >= 0.6 is 0 Å². The van der Waals surface area contributed by atoms with Gasteiger partial charge in [-0.1, -0.05) is 108 Å². The Balaban J connectivity index is 0.00000420. The number of pyridine rings is 2. The van der Waals surface area contributed by atoms with Gasteiger partial charge < -0.3 is 9.30 Å². The van der Waals surface area contributed by atoms with E-state index in [9.17, 15) is 0 Å². The number of benzene rings is 4. The molecule has 0 fully saturated rings. The molecule has 0 N–H and O–H groups in total. The normalized spacial score (nSPS) is 11.9. The Morgan fingerprint density at radius 2 is 1.40 bits per heavy atom. The zero-order valence-corrected chi connectivity index (χ0v) is 32.4. The number of imidazole rings is 1. The van der Waals surface area contributed by atoms with Crippen LogP contribution in [0.5, 0.6) is 11.5 Å². The smallest absolute Gasteiger partial charge is 0.268 e. The molecule has 0 spiro atoms. The first-order valence-electron chi connectivity index (χ1n) is 17.2. The second-order valence-corrected chi connectivity index (χ2v) is 15.0. The van der Waals surface area contributed by atoms with Crippen molar-refractivity contribution >= 4 is 21.8 Å². The maximum Gasteiger partial charge on any atom is 0.268 e. The number of hydrogen-bond donors (Lipinski definition) is 0. The summed E-state index contributed by atoms with van der Waals surface area (Å²) in [6.07, 6.45) is 10.9. The Hall–Kier alpha value is -5.32. The van der Waals surface area contributed by atoms with Crippen LogP contribution in [0, 0.1) is 18.5 Å². The molecule has 4 aromatic heterocycles. The van der Waals surface area contributed by atoms with Gasteiger partial charge in [-0.05, 0) is 74.6 Å². The molecule has 0 aliphatic heterocycles. The number of fused-ring (bicyclic) bond motifs is 3. The van der Waals surface area contributed by atoms with Gasteiger partial charge in [0.1, 0.15) is 5.82 Å². The van der Waals surface area contributed by atoms with Crippen molar-refractivity contribution in [3.8, 4) is 39.9 Å². The minimum atomic E-state index is -0.0311. The van der Waals surface area contributed by atoms with Crippen LogP contribution < -0.4 is 9.30 Å². The van der Waals surface area contributed by atoms with E-state index in [1.807, 2.05) is 45.9 Å². The van der Waals surface area contributed by atoms with E-state index in [-0.39, 0.29) is 31.9 Å². The second-order valence-electron chi connectivity index (χ2n) is 15.0. The van der Waals surface area contributed by atoms with Gasteiger partial charge in [-0.2, -0.15) is 18.2 Å². The van der Waals surface area contributed by atoms with Crippen LogP contribution in [0.3, 0.4) is 0 Å². The van der Waals surface area contributed by atoms with Crippen molar-refractivity contribution in [3.05, 3.63) is 158 Å². The topological polar surface area (TPSA) is 48.8 Å². The van der Waals surface area contributed by atoms with Crippen LogP contribution in [-0.4, -0.2) is 19.1 Å². The number of nitrogens with zero attached hydrogens (tertiary/aromatic N) is 5. The first-order chi connectivity index (χ1) is 24.5. The van der Waals surface area contributed by atoms with Gasteiger partial charge in [0.25, 0.3) is 6.33 Å². The van der Waals surface area contributed by atoms with E-state index < -0.39 is 0 Å². The van der Waals surface area contributed by atoms with Crippen LogP contribution in [0.15, 0.2) is 128 Å². The molecule has 0 bridgehead atoms. The largest absolute Gasteiger partial charge is 0.522 e. The molecule has 0 amide bonds. The summed E-state index contributed by atoms with van der Waals surface area (Å²) < 4.78 is 12.4.